The van der Waals surface area contributed by atoms with Gasteiger partial charge in [-0.05, 0) is 32.1 Å². The number of nitrogens with zero attached hydrogens (tertiary/aromatic N) is 2. The highest BCUT2D eigenvalue weighted by Crippen LogP contribution is 2.24. The molecule has 21 heavy (non-hydrogen) atoms. The van der Waals surface area contributed by atoms with E-state index in [-0.39, 0.29) is 17.8 Å². The number of rotatable bonds is 2. The Balaban J connectivity index is 2.06. The van der Waals surface area contributed by atoms with Gasteiger partial charge in [-0.15, -0.1) is 0 Å². The third-order valence-corrected chi connectivity index (χ3v) is 4.34. The molecular weight excluding hydrogens is 274 g/mol. The van der Waals surface area contributed by atoms with Gasteiger partial charge in [-0.25, -0.2) is 9.59 Å². The Morgan fingerprint density at radius 2 is 1.86 bits per heavy atom. The number of carbonyl (C=O) groups excluding carboxylic acids is 3. The van der Waals surface area contributed by atoms with E-state index in [9.17, 15) is 14.4 Å². The second kappa shape index (κ2) is 6.78. The minimum atomic E-state index is -0.490. The van der Waals surface area contributed by atoms with Gasteiger partial charge in [0.25, 0.3) is 0 Å². The number of nitrogens with two attached hydrogens (primary N) is 1. The van der Waals surface area contributed by atoms with E-state index in [1.165, 1.54) is 12.0 Å². The van der Waals surface area contributed by atoms with Gasteiger partial charge >= 0.3 is 12.0 Å². The summed E-state index contributed by atoms with van der Waals surface area (Å²) in [6.07, 6.45) is 3.95. The van der Waals surface area contributed by atoms with Crippen LogP contribution in [0.4, 0.5) is 4.79 Å². The number of hydrogen-bond donors (Lipinski definition) is 1. The molecule has 2 aliphatic heterocycles. The molecule has 0 bridgehead atoms. The summed E-state index contributed by atoms with van der Waals surface area (Å²) in [6.45, 7) is 1.52. The first-order valence-corrected chi connectivity index (χ1v) is 7.47. The topological polar surface area (TPSA) is 92.9 Å². The van der Waals surface area contributed by atoms with Crippen molar-refractivity contribution in [1.29, 1.82) is 0 Å². The summed E-state index contributed by atoms with van der Waals surface area (Å²) < 4.78 is 4.80. The highest BCUT2D eigenvalue weighted by molar-refractivity contribution is 5.86. The Morgan fingerprint density at radius 1 is 1.10 bits per heavy atom. The molecule has 2 atom stereocenters. The van der Waals surface area contributed by atoms with Crippen LogP contribution in [0.3, 0.4) is 0 Å². The van der Waals surface area contributed by atoms with Gasteiger partial charge in [-0.3, -0.25) is 4.79 Å². The molecule has 0 aliphatic carbocycles. The number of amides is 3. The lowest BCUT2D eigenvalue weighted by Gasteiger charge is -2.38. The molecule has 3 amide bonds. The Labute approximate surface area is 124 Å². The molecule has 0 spiro atoms. The van der Waals surface area contributed by atoms with Crippen LogP contribution in [-0.2, 0) is 14.3 Å². The summed E-state index contributed by atoms with van der Waals surface area (Å²) in [5, 5.41) is 0. The molecule has 1 unspecified atom stereocenters. The van der Waals surface area contributed by atoms with Crippen molar-refractivity contribution in [2.45, 2.75) is 38.1 Å². The summed E-state index contributed by atoms with van der Waals surface area (Å²) in [4.78, 5) is 38.9. The van der Waals surface area contributed by atoms with Crippen molar-refractivity contribution in [2.24, 2.45) is 11.7 Å². The first-order valence-electron chi connectivity index (χ1n) is 7.47. The lowest BCUT2D eigenvalue weighted by molar-refractivity contribution is -0.156. The van der Waals surface area contributed by atoms with Crippen LogP contribution in [0.2, 0.25) is 0 Å². The minimum Gasteiger partial charge on any atom is -0.467 e. The molecule has 2 N–H and O–H groups in total. The van der Waals surface area contributed by atoms with E-state index in [0.29, 0.717) is 26.1 Å². The average Bonchev–Trinajstić information content (AvgIpc) is 2.53. The van der Waals surface area contributed by atoms with Crippen molar-refractivity contribution in [3.63, 3.8) is 0 Å². The van der Waals surface area contributed by atoms with E-state index in [2.05, 4.69) is 0 Å². The van der Waals surface area contributed by atoms with Crippen molar-refractivity contribution < 1.29 is 19.1 Å². The largest absolute Gasteiger partial charge is 0.467 e. The quantitative estimate of drug-likeness (QED) is 0.743. The maximum Gasteiger partial charge on any atom is 0.328 e. The molecular formula is C14H23N3O4. The second-order valence-corrected chi connectivity index (χ2v) is 5.69. The Kier molecular flexibility index (Phi) is 5.03. The highest BCUT2D eigenvalue weighted by Gasteiger charge is 2.37. The molecule has 7 nitrogen and oxygen atoms in total. The predicted octanol–water partition coefficient (Wildman–Crippen LogP) is 0.331. The van der Waals surface area contributed by atoms with Crippen LogP contribution in [0.1, 0.15) is 32.1 Å². The van der Waals surface area contributed by atoms with E-state index in [0.717, 1.165) is 25.7 Å². The number of primary amides is 1. The van der Waals surface area contributed by atoms with Crippen LogP contribution in [-0.4, -0.2) is 60.5 Å². The van der Waals surface area contributed by atoms with Gasteiger partial charge in [0.1, 0.15) is 6.04 Å². The van der Waals surface area contributed by atoms with Crippen molar-refractivity contribution >= 4 is 17.9 Å². The maximum absolute atomic E-state index is 12.7. The smallest absolute Gasteiger partial charge is 0.328 e. The molecule has 2 fully saturated rings. The van der Waals surface area contributed by atoms with E-state index in [1.807, 2.05) is 0 Å². The summed E-state index contributed by atoms with van der Waals surface area (Å²) in [5.74, 6) is -0.682. The summed E-state index contributed by atoms with van der Waals surface area (Å²) in [5.41, 5.74) is 5.29. The van der Waals surface area contributed by atoms with Gasteiger partial charge in [0.15, 0.2) is 0 Å². The van der Waals surface area contributed by atoms with E-state index < -0.39 is 12.1 Å². The third-order valence-electron chi connectivity index (χ3n) is 4.34. The van der Waals surface area contributed by atoms with Gasteiger partial charge in [-0.1, -0.05) is 0 Å². The van der Waals surface area contributed by atoms with E-state index in [4.69, 9.17) is 10.5 Å². The summed E-state index contributed by atoms with van der Waals surface area (Å²) in [7, 11) is 1.34. The van der Waals surface area contributed by atoms with E-state index in [1.54, 1.807) is 4.90 Å². The predicted molar refractivity (Wildman–Crippen MR) is 75.2 cm³/mol. The lowest BCUT2D eigenvalue weighted by Crippen LogP contribution is -2.54. The number of urea groups is 1. The first-order chi connectivity index (χ1) is 10.0. The fraction of sp³-hybridized carbons (Fsp3) is 0.786. The van der Waals surface area contributed by atoms with Gasteiger partial charge in [0.2, 0.25) is 5.91 Å². The summed E-state index contributed by atoms with van der Waals surface area (Å²) in [6, 6.07) is -0.976. The SMILES string of the molecule is COC(=O)[C@H]1CCCCN1C(=O)C1CCCN(C(N)=O)C1. The molecule has 0 aromatic rings. The Morgan fingerprint density at radius 3 is 2.52 bits per heavy atom. The number of likely N-dealkylation sites (tertiary alicyclic amines) is 2. The van der Waals surface area contributed by atoms with Crippen LogP contribution >= 0.6 is 0 Å². The van der Waals surface area contributed by atoms with Crippen molar-refractivity contribution in [1.82, 2.24) is 9.80 Å². The zero-order valence-electron chi connectivity index (χ0n) is 12.4. The van der Waals surface area contributed by atoms with Crippen LogP contribution in [0.5, 0.6) is 0 Å². The van der Waals surface area contributed by atoms with Crippen LogP contribution < -0.4 is 5.73 Å². The zero-order chi connectivity index (χ0) is 15.4. The lowest BCUT2D eigenvalue weighted by atomic mass is 9.93. The molecule has 0 aromatic carbocycles. The molecule has 0 saturated carbocycles. The number of carbonyl (C=O) groups is 3. The Hall–Kier alpha value is -1.79. The van der Waals surface area contributed by atoms with Gasteiger partial charge in [0.05, 0.1) is 13.0 Å². The second-order valence-electron chi connectivity index (χ2n) is 5.69. The molecule has 0 radical (unpaired) electrons. The highest BCUT2D eigenvalue weighted by atomic mass is 16.5. The van der Waals surface area contributed by atoms with Crippen molar-refractivity contribution in [2.75, 3.05) is 26.7 Å². The fourth-order valence-corrected chi connectivity index (χ4v) is 3.19. The van der Waals surface area contributed by atoms with Gasteiger partial charge in [0, 0.05) is 19.6 Å². The maximum atomic E-state index is 12.7. The van der Waals surface area contributed by atoms with Crippen molar-refractivity contribution in [3.8, 4) is 0 Å². The molecule has 2 rings (SSSR count). The fourth-order valence-electron chi connectivity index (χ4n) is 3.19. The number of methoxy groups -OCH3 is 1. The molecule has 2 heterocycles. The van der Waals surface area contributed by atoms with Gasteiger partial charge < -0.3 is 20.3 Å². The Bertz CT molecular complexity index is 426. The van der Waals surface area contributed by atoms with Crippen LogP contribution in [0.15, 0.2) is 0 Å². The number of esters is 1. The van der Waals surface area contributed by atoms with E-state index >= 15 is 0 Å². The molecule has 7 heteroatoms. The third kappa shape index (κ3) is 3.46. The average molecular weight is 297 g/mol. The number of hydrogen-bond acceptors (Lipinski definition) is 4. The molecule has 118 valence electrons. The first kappa shape index (κ1) is 15.6. The van der Waals surface area contributed by atoms with Crippen molar-refractivity contribution in [3.05, 3.63) is 0 Å². The monoisotopic (exact) mass is 297 g/mol. The zero-order valence-corrected chi connectivity index (χ0v) is 12.4. The van der Waals surface area contributed by atoms with Crippen LogP contribution in [0.25, 0.3) is 0 Å². The van der Waals surface area contributed by atoms with Gasteiger partial charge in [-0.2, -0.15) is 0 Å². The summed E-state index contributed by atoms with van der Waals surface area (Å²) >= 11 is 0. The molecule has 2 saturated heterocycles. The molecule has 2 aliphatic rings. The standard InChI is InChI=1S/C14H23N3O4/c1-21-13(19)11-6-2-3-8-17(11)12(18)10-5-4-7-16(9-10)14(15)20/h10-11H,2-9H2,1H3,(H2,15,20)/t10?,11-/m1/s1. The number of ether oxygens (including phenoxy) is 1. The number of piperidine rings is 2. The minimum absolute atomic E-state index is 0.0592. The van der Waals surface area contributed by atoms with Crippen LogP contribution in [0, 0.1) is 5.92 Å². The normalized spacial score (nSPS) is 26.3. The molecule has 0 aromatic heterocycles.